The lowest BCUT2D eigenvalue weighted by Crippen LogP contribution is -2.15. The Morgan fingerprint density at radius 2 is 1.61 bits per heavy atom. The summed E-state index contributed by atoms with van der Waals surface area (Å²) in [6.45, 7) is 4.24. The van der Waals surface area contributed by atoms with Crippen LogP contribution in [-0.4, -0.2) is 5.91 Å². The lowest BCUT2D eigenvalue weighted by Gasteiger charge is -2.14. The fraction of sp³-hybridized carbons (Fsp3) is 0.103. The first-order chi connectivity index (χ1) is 16.1. The summed E-state index contributed by atoms with van der Waals surface area (Å²) in [5.74, 6) is 0.169. The highest BCUT2D eigenvalue weighted by molar-refractivity contribution is 6.11. The number of nitriles is 1. The number of nitrogens with zero attached hydrogens (tertiary/aromatic N) is 1. The first-order valence-corrected chi connectivity index (χ1v) is 10.7. The zero-order valence-electron chi connectivity index (χ0n) is 18.6. The fourth-order valence-electron chi connectivity index (χ4n) is 3.77. The molecule has 0 aromatic heterocycles. The lowest BCUT2D eigenvalue weighted by atomic mass is 10.0. The SMILES string of the molecule is Cc1cccc(C)c1NC(=O)/C(C#N)=C\c1c(OCc2ccccc2)ccc2ccccc12. The average Bonchev–Trinajstić information content (AvgIpc) is 2.84. The maximum Gasteiger partial charge on any atom is 0.266 e. The van der Waals surface area contributed by atoms with Gasteiger partial charge in [0.15, 0.2) is 0 Å². The van der Waals surface area contributed by atoms with Crippen molar-refractivity contribution in [2.24, 2.45) is 0 Å². The van der Waals surface area contributed by atoms with E-state index in [0.717, 1.165) is 33.2 Å². The molecule has 0 radical (unpaired) electrons. The zero-order valence-corrected chi connectivity index (χ0v) is 18.6. The molecule has 4 rings (SSSR count). The Hall–Kier alpha value is -4.36. The summed E-state index contributed by atoms with van der Waals surface area (Å²) < 4.78 is 6.13. The monoisotopic (exact) mass is 432 g/mol. The molecular formula is C29H24N2O2. The van der Waals surface area contributed by atoms with Crippen LogP contribution in [-0.2, 0) is 11.4 Å². The Morgan fingerprint density at radius 1 is 0.909 bits per heavy atom. The van der Waals surface area contributed by atoms with Crippen molar-refractivity contribution in [2.45, 2.75) is 20.5 Å². The van der Waals surface area contributed by atoms with E-state index in [9.17, 15) is 10.1 Å². The highest BCUT2D eigenvalue weighted by Crippen LogP contribution is 2.31. The maximum atomic E-state index is 13.0. The van der Waals surface area contributed by atoms with Gasteiger partial charge in [0.25, 0.3) is 5.91 Å². The van der Waals surface area contributed by atoms with E-state index in [4.69, 9.17) is 4.74 Å². The van der Waals surface area contributed by atoms with E-state index in [0.29, 0.717) is 17.9 Å². The number of nitrogens with one attached hydrogen (secondary N) is 1. The van der Waals surface area contributed by atoms with Crippen molar-refractivity contribution >= 4 is 28.4 Å². The molecule has 4 heteroatoms. The van der Waals surface area contributed by atoms with Gasteiger partial charge in [0.1, 0.15) is 24.0 Å². The van der Waals surface area contributed by atoms with E-state index in [2.05, 4.69) is 11.4 Å². The molecule has 4 nitrogen and oxygen atoms in total. The number of ether oxygens (including phenoxy) is 1. The Morgan fingerprint density at radius 3 is 2.33 bits per heavy atom. The first kappa shape index (κ1) is 21.9. The Kier molecular flexibility index (Phi) is 6.52. The van der Waals surface area contributed by atoms with Crippen LogP contribution in [0, 0.1) is 25.2 Å². The zero-order chi connectivity index (χ0) is 23.2. The van der Waals surface area contributed by atoms with Gasteiger partial charge in [-0.3, -0.25) is 4.79 Å². The number of aryl methyl sites for hydroxylation is 2. The van der Waals surface area contributed by atoms with Gasteiger partial charge in [0, 0.05) is 11.3 Å². The van der Waals surface area contributed by atoms with Gasteiger partial charge < -0.3 is 10.1 Å². The Balaban J connectivity index is 1.72. The fourth-order valence-corrected chi connectivity index (χ4v) is 3.77. The molecule has 0 spiro atoms. The van der Waals surface area contributed by atoms with Crippen LogP contribution in [0.25, 0.3) is 16.8 Å². The minimum Gasteiger partial charge on any atom is -0.488 e. The molecule has 0 atom stereocenters. The van der Waals surface area contributed by atoms with Gasteiger partial charge in [0.05, 0.1) is 0 Å². The van der Waals surface area contributed by atoms with Crippen molar-refractivity contribution < 1.29 is 9.53 Å². The number of carbonyl (C=O) groups excluding carboxylic acids is 1. The van der Waals surface area contributed by atoms with Crippen LogP contribution >= 0.6 is 0 Å². The number of rotatable bonds is 6. The summed E-state index contributed by atoms with van der Waals surface area (Å²) in [6, 6.07) is 29.5. The van der Waals surface area contributed by atoms with Crippen LogP contribution in [0.3, 0.4) is 0 Å². The maximum absolute atomic E-state index is 13.0. The summed E-state index contributed by atoms with van der Waals surface area (Å²) in [5, 5.41) is 14.6. The van der Waals surface area contributed by atoms with E-state index in [1.165, 1.54) is 0 Å². The molecule has 0 heterocycles. The van der Waals surface area contributed by atoms with Crippen LogP contribution < -0.4 is 10.1 Å². The Bertz CT molecular complexity index is 1360. The van der Waals surface area contributed by atoms with E-state index in [1.807, 2.05) is 98.8 Å². The number of para-hydroxylation sites is 1. The van der Waals surface area contributed by atoms with Crippen molar-refractivity contribution in [3.63, 3.8) is 0 Å². The van der Waals surface area contributed by atoms with Crippen molar-refractivity contribution in [2.75, 3.05) is 5.32 Å². The summed E-state index contributed by atoms with van der Waals surface area (Å²) in [7, 11) is 0. The number of hydrogen-bond donors (Lipinski definition) is 1. The second-order valence-electron chi connectivity index (χ2n) is 7.86. The second-order valence-corrected chi connectivity index (χ2v) is 7.86. The molecule has 4 aromatic carbocycles. The summed E-state index contributed by atoms with van der Waals surface area (Å²) in [5.41, 5.74) is 4.36. The van der Waals surface area contributed by atoms with Crippen molar-refractivity contribution in [1.82, 2.24) is 0 Å². The minimum atomic E-state index is -0.447. The van der Waals surface area contributed by atoms with Gasteiger partial charge in [-0.1, -0.05) is 78.9 Å². The predicted molar refractivity (Wildman–Crippen MR) is 133 cm³/mol. The normalized spacial score (nSPS) is 11.1. The predicted octanol–water partition coefficient (Wildman–Crippen LogP) is 6.58. The highest BCUT2D eigenvalue weighted by Gasteiger charge is 2.15. The van der Waals surface area contributed by atoms with E-state index in [1.54, 1.807) is 6.08 Å². The molecular weight excluding hydrogens is 408 g/mol. The number of benzene rings is 4. The summed E-state index contributed by atoms with van der Waals surface area (Å²) in [6.07, 6.45) is 1.62. The largest absolute Gasteiger partial charge is 0.488 e. The van der Waals surface area contributed by atoms with E-state index < -0.39 is 5.91 Å². The third kappa shape index (κ3) is 4.94. The molecule has 1 N–H and O–H groups in total. The molecule has 0 unspecified atom stereocenters. The standard InChI is InChI=1S/C29H24N2O2/c1-20-9-8-10-21(2)28(20)31-29(32)24(18-30)17-26-25-14-7-6-13-23(25)15-16-27(26)33-19-22-11-4-3-5-12-22/h3-17H,19H2,1-2H3,(H,31,32)/b24-17-. The molecule has 0 fully saturated rings. The van der Waals surface area contributed by atoms with Crippen LogP contribution in [0.15, 0.2) is 90.5 Å². The highest BCUT2D eigenvalue weighted by atomic mass is 16.5. The van der Waals surface area contributed by atoms with Gasteiger partial charge in [-0.05, 0) is 53.5 Å². The smallest absolute Gasteiger partial charge is 0.266 e. The number of anilines is 1. The summed E-state index contributed by atoms with van der Waals surface area (Å²) >= 11 is 0. The topological polar surface area (TPSA) is 62.1 Å². The molecule has 4 aromatic rings. The quantitative estimate of drug-likeness (QED) is 0.276. The number of fused-ring (bicyclic) bond motifs is 1. The van der Waals surface area contributed by atoms with Crippen LogP contribution in [0.4, 0.5) is 5.69 Å². The third-order valence-electron chi connectivity index (χ3n) is 5.54. The molecule has 0 bridgehead atoms. The Labute approximate surface area is 193 Å². The third-order valence-corrected chi connectivity index (χ3v) is 5.54. The van der Waals surface area contributed by atoms with Gasteiger partial charge in [-0.2, -0.15) is 5.26 Å². The number of hydrogen-bond acceptors (Lipinski definition) is 3. The van der Waals surface area contributed by atoms with Crippen molar-refractivity contribution in [3.05, 3.63) is 113 Å². The van der Waals surface area contributed by atoms with Gasteiger partial charge >= 0.3 is 0 Å². The molecule has 0 saturated carbocycles. The van der Waals surface area contributed by atoms with Crippen LogP contribution in [0.2, 0.25) is 0 Å². The van der Waals surface area contributed by atoms with Gasteiger partial charge in [-0.25, -0.2) is 0 Å². The number of amides is 1. The lowest BCUT2D eigenvalue weighted by molar-refractivity contribution is -0.112. The molecule has 0 saturated heterocycles. The molecule has 0 aliphatic heterocycles. The van der Waals surface area contributed by atoms with Crippen molar-refractivity contribution in [3.8, 4) is 11.8 Å². The summed E-state index contributed by atoms with van der Waals surface area (Å²) in [4.78, 5) is 13.0. The number of carbonyl (C=O) groups is 1. The van der Waals surface area contributed by atoms with Crippen molar-refractivity contribution in [1.29, 1.82) is 5.26 Å². The van der Waals surface area contributed by atoms with Gasteiger partial charge in [0.2, 0.25) is 0 Å². The molecule has 33 heavy (non-hydrogen) atoms. The van der Waals surface area contributed by atoms with E-state index >= 15 is 0 Å². The van der Waals surface area contributed by atoms with Crippen LogP contribution in [0.1, 0.15) is 22.3 Å². The minimum absolute atomic E-state index is 0.0126. The molecule has 1 amide bonds. The van der Waals surface area contributed by atoms with Gasteiger partial charge in [-0.15, -0.1) is 0 Å². The van der Waals surface area contributed by atoms with Crippen LogP contribution in [0.5, 0.6) is 5.75 Å². The second kappa shape index (κ2) is 9.84. The first-order valence-electron chi connectivity index (χ1n) is 10.7. The average molecular weight is 433 g/mol. The molecule has 0 aliphatic rings. The molecule has 162 valence electrons. The molecule has 0 aliphatic carbocycles. The van der Waals surface area contributed by atoms with E-state index in [-0.39, 0.29) is 5.57 Å².